The molecule has 1 amide bonds. The average Bonchev–Trinajstić information content (AvgIpc) is 3.00. The van der Waals surface area contributed by atoms with E-state index in [2.05, 4.69) is 27.0 Å². The number of hydrogen-bond acceptors (Lipinski definition) is 8. The second kappa shape index (κ2) is 8.38. The minimum Gasteiger partial charge on any atom is -0.369 e. The first-order valence-electron chi connectivity index (χ1n) is 7.19. The number of aromatic nitrogens is 4. The van der Waals surface area contributed by atoms with Crippen LogP contribution in [0.15, 0.2) is 6.33 Å². The molecule has 10 nitrogen and oxygen atoms in total. The van der Waals surface area contributed by atoms with Crippen molar-refractivity contribution in [2.75, 3.05) is 19.7 Å². The van der Waals surface area contributed by atoms with Crippen molar-refractivity contribution in [2.45, 2.75) is 37.9 Å². The monoisotopic (exact) mass is 308 g/mol. The third-order valence-corrected chi connectivity index (χ3v) is 3.44. The van der Waals surface area contributed by atoms with Crippen LogP contribution in [-0.4, -0.2) is 62.8 Å². The summed E-state index contributed by atoms with van der Waals surface area (Å²) in [5.74, 6) is -0.429. The molecule has 22 heavy (non-hydrogen) atoms. The molecule has 0 unspecified atom stereocenters. The lowest BCUT2D eigenvalue weighted by Crippen LogP contribution is -2.52. The van der Waals surface area contributed by atoms with Crippen molar-refractivity contribution in [3.05, 3.63) is 6.33 Å². The van der Waals surface area contributed by atoms with E-state index in [1.807, 2.05) is 0 Å². The number of nitriles is 1. The summed E-state index contributed by atoms with van der Waals surface area (Å²) < 4.78 is 0. The van der Waals surface area contributed by atoms with Crippen LogP contribution in [-0.2, 0) is 16.2 Å². The molecule has 2 atom stereocenters. The molecule has 1 aromatic heterocycles. The van der Waals surface area contributed by atoms with E-state index < -0.39 is 5.91 Å². The second-order valence-electron chi connectivity index (χ2n) is 5.17. The number of piperidine rings is 1. The number of tetrazole rings is 1. The van der Waals surface area contributed by atoms with Crippen LogP contribution >= 0.6 is 0 Å². The van der Waals surface area contributed by atoms with Crippen LogP contribution in [0.25, 0.3) is 0 Å². The van der Waals surface area contributed by atoms with Gasteiger partial charge in [0, 0.05) is 12.6 Å². The smallest absolute Gasteiger partial charge is 0.231 e. The third kappa shape index (κ3) is 5.03. The molecule has 1 fully saturated rings. The normalized spacial score (nSPS) is 22.3. The Morgan fingerprint density at radius 2 is 2.41 bits per heavy atom. The number of carbonyl (C=O) groups excluding carboxylic acids is 1. The van der Waals surface area contributed by atoms with Gasteiger partial charge in [-0.25, -0.2) is 0 Å². The highest BCUT2D eigenvalue weighted by Gasteiger charge is 2.29. The molecule has 1 saturated heterocycles. The molecule has 10 heteroatoms. The Labute approximate surface area is 128 Å². The van der Waals surface area contributed by atoms with Crippen molar-refractivity contribution in [1.29, 1.82) is 5.26 Å². The summed E-state index contributed by atoms with van der Waals surface area (Å²) >= 11 is 0. The Morgan fingerprint density at radius 1 is 1.55 bits per heavy atom. The molecule has 0 aliphatic carbocycles. The fraction of sp³-hybridized carbons (Fsp3) is 0.750. The first-order valence-corrected chi connectivity index (χ1v) is 7.19. The maximum absolute atomic E-state index is 11.0. The Bertz CT molecular complexity index is 500. The van der Waals surface area contributed by atoms with Crippen molar-refractivity contribution in [3.63, 3.8) is 0 Å². The number of aryl methyl sites for hydroxylation is 1. The number of nitrogens with zero attached hydrogens (tertiary/aromatic N) is 6. The number of nitrogens with two attached hydrogens (primary N) is 1. The first kappa shape index (κ1) is 16.3. The predicted molar refractivity (Wildman–Crippen MR) is 74.7 cm³/mol. The molecule has 0 saturated carbocycles. The molecule has 120 valence electrons. The van der Waals surface area contributed by atoms with E-state index in [1.54, 1.807) is 4.90 Å². The van der Waals surface area contributed by atoms with E-state index in [0.29, 0.717) is 26.1 Å². The average molecular weight is 308 g/mol. The fourth-order valence-electron chi connectivity index (χ4n) is 2.41. The van der Waals surface area contributed by atoms with Crippen LogP contribution in [0.4, 0.5) is 0 Å². The number of rotatable bonds is 8. The minimum absolute atomic E-state index is 0.0773. The first-order chi connectivity index (χ1) is 10.7. The summed E-state index contributed by atoms with van der Waals surface area (Å²) in [6, 6.07) is 2.02. The van der Waals surface area contributed by atoms with Crippen molar-refractivity contribution >= 4 is 5.91 Å². The molecule has 1 aliphatic heterocycles. The summed E-state index contributed by atoms with van der Waals surface area (Å²) in [7, 11) is 0. The van der Waals surface area contributed by atoms with Crippen molar-refractivity contribution in [1.82, 2.24) is 30.6 Å². The Hall–Kier alpha value is -2.09. The van der Waals surface area contributed by atoms with Gasteiger partial charge in [-0.3, -0.25) is 9.69 Å². The molecule has 1 aromatic rings. The number of hydrogen-bond donors (Lipinski definition) is 2. The van der Waals surface area contributed by atoms with Gasteiger partial charge in [0.2, 0.25) is 5.91 Å². The van der Waals surface area contributed by atoms with Gasteiger partial charge in [-0.05, 0) is 24.5 Å². The number of nitrogens with one attached hydrogen (secondary N) is 1. The minimum atomic E-state index is -0.429. The summed E-state index contributed by atoms with van der Waals surface area (Å²) in [4.78, 5) is 19.8. The lowest BCUT2D eigenvalue weighted by molar-refractivity contribution is -0.120. The predicted octanol–water partition coefficient (Wildman–Crippen LogP) is -1.57. The number of amides is 1. The van der Waals surface area contributed by atoms with E-state index in [1.165, 1.54) is 11.1 Å². The fourth-order valence-corrected chi connectivity index (χ4v) is 2.41. The largest absolute Gasteiger partial charge is 0.369 e. The lowest BCUT2D eigenvalue weighted by atomic mass is 9.99. The molecule has 0 aromatic carbocycles. The lowest BCUT2D eigenvalue weighted by Gasteiger charge is -2.35. The van der Waals surface area contributed by atoms with Gasteiger partial charge in [-0.2, -0.15) is 15.5 Å². The van der Waals surface area contributed by atoms with Crippen LogP contribution < -0.4 is 11.2 Å². The van der Waals surface area contributed by atoms with Crippen LogP contribution in [0.2, 0.25) is 0 Å². The molecule has 2 rings (SSSR count). The van der Waals surface area contributed by atoms with Crippen molar-refractivity contribution < 1.29 is 9.63 Å². The molecular formula is C12H20N8O2. The number of carbonyl (C=O) groups is 1. The van der Waals surface area contributed by atoms with E-state index >= 15 is 0 Å². The van der Waals surface area contributed by atoms with Gasteiger partial charge < -0.3 is 10.6 Å². The molecule has 1 aliphatic rings. The maximum Gasteiger partial charge on any atom is 0.231 e. The standard InChI is InChI=1S/C12H20N8O2/c13-6-11-3-2-10(7-19(11)8-12(14)21)17-22-5-1-4-20-16-9-15-18-20/h9-11,17H,1-5,7-8H2,(H2,14,21)/t10-,11+/m1/s1. The zero-order valence-corrected chi connectivity index (χ0v) is 12.3. The van der Waals surface area contributed by atoms with E-state index in [4.69, 9.17) is 15.8 Å². The molecule has 3 N–H and O–H groups in total. The zero-order valence-electron chi connectivity index (χ0n) is 12.3. The molecule has 2 heterocycles. The van der Waals surface area contributed by atoms with Crippen molar-refractivity contribution in [3.8, 4) is 6.07 Å². The Kier molecular flexibility index (Phi) is 6.20. The van der Waals surface area contributed by atoms with Gasteiger partial charge in [-0.15, -0.1) is 10.2 Å². The van der Waals surface area contributed by atoms with E-state index in [0.717, 1.165) is 12.8 Å². The summed E-state index contributed by atoms with van der Waals surface area (Å²) in [5.41, 5.74) is 8.19. The zero-order chi connectivity index (χ0) is 15.8. The van der Waals surface area contributed by atoms with Crippen LogP contribution in [0.3, 0.4) is 0 Å². The van der Waals surface area contributed by atoms with E-state index in [9.17, 15) is 4.79 Å². The SMILES string of the molecule is N#C[C@@H]1CC[C@@H](NOCCCn2ncnn2)CN1CC(N)=O. The quantitative estimate of drug-likeness (QED) is 0.434. The maximum atomic E-state index is 11.0. The molecule has 0 bridgehead atoms. The van der Waals surface area contributed by atoms with Crippen LogP contribution in [0.1, 0.15) is 19.3 Å². The molecule has 0 radical (unpaired) electrons. The third-order valence-electron chi connectivity index (χ3n) is 3.44. The highest BCUT2D eigenvalue weighted by molar-refractivity contribution is 5.76. The summed E-state index contributed by atoms with van der Waals surface area (Å²) in [6.07, 6.45) is 3.65. The number of hydroxylamine groups is 1. The topological polar surface area (TPSA) is 135 Å². The molecule has 0 spiro atoms. The number of primary amides is 1. The highest BCUT2D eigenvalue weighted by atomic mass is 16.6. The van der Waals surface area contributed by atoms with Gasteiger partial charge in [0.25, 0.3) is 0 Å². The number of likely N-dealkylation sites (tertiary alicyclic amines) is 1. The van der Waals surface area contributed by atoms with E-state index in [-0.39, 0.29) is 18.6 Å². The molecular weight excluding hydrogens is 288 g/mol. The summed E-state index contributed by atoms with van der Waals surface area (Å²) in [6.45, 7) is 1.80. The van der Waals surface area contributed by atoms with Gasteiger partial charge in [0.1, 0.15) is 0 Å². The Balaban J connectivity index is 1.65. The highest BCUT2D eigenvalue weighted by Crippen LogP contribution is 2.16. The Morgan fingerprint density at radius 3 is 3.09 bits per heavy atom. The van der Waals surface area contributed by atoms with Crippen LogP contribution in [0.5, 0.6) is 0 Å². The van der Waals surface area contributed by atoms with Gasteiger partial charge >= 0.3 is 0 Å². The van der Waals surface area contributed by atoms with Gasteiger partial charge in [-0.1, -0.05) is 0 Å². The van der Waals surface area contributed by atoms with Gasteiger partial charge in [0.15, 0.2) is 6.33 Å². The van der Waals surface area contributed by atoms with Gasteiger partial charge in [0.05, 0.1) is 31.8 Å². The second-order valence-corrected chi connectivity index (χ2v) is 5.17. The summed E-state index contributed by atoms with van der Waals surface area (Å²) in [5, 5.41) is 20.4. The van der Waals surface area contributed by atoms with Crippen LogP contribution in [0, 0.1) is 11.3 Å². The van der Waals surface area contributed by atoms with Crippen molar-refractivity contribution in [2.24, 2.45) is 5.73 Å².